The van der Waals surface area contributed by atoms with Gasteiger partial charge in [0.15, 0.2) is 0 Å². The van der Waals surface area contributed by atoms with Gasteiger partial charge < -0.3 is 4.74 Å². The van der Waals surface area contributed by atoms with E-state index in [4.69, 9.17) is 9.57 Å². The minimum absolute atomic E-state index is 0.198. The van der Waals surface area contributed by atoms with Crippen LogP contribution in [-0.2, 0) is 21.0 Å². The van der Waals surface area contributed by atoms with Crippen molar-refractivity contribution < 1.29 is 14.4 Å². The van der Waals surface area contributed by atoms with E-state index in [0.29, 0.717) is 25.2 Å². The van der Waals surface area contributed by atoms with E-state index in [1.54, 1.807) is 0 Å². The van der Waals surface area contributed by atoms with Gasteiger partial charge in [0.05, 0.1) is 13.2 Å². The van der Waals surface area contributed by atoms with Gasteiger partial charge in [0, 0.05) is 13.0 Å². The van der Waals surface area contributed by atoms with E-state index in [9.17, 15) is 4.79 Å². The fraction of sp³-hybridized carbons (Fsp3) is 0.588. The predicted octanol–water partition coefficient (Wildman–Crippen LogP) is 3.22. The van der Waals surface area contributed by atoms with Gasteiger partial charge in [-0.2, -0.15) is 5.48 Å². The summed E-state index contributed by atoms with van der Waals surface area (Å²) < 4.78 is 5.06. The first kappa shape index (κ1) is 16.0. The van der Waals surface area contributed by atoms with Crippen LogP contribution >= 0.6 is 0 Å². The Bertz CT molecular complexity index is 421. The van der Waals surface area contributed by atoms with Crippen LogP contribution in [0.15, 0.2) is 30.3 Å². The van der Waals surface area contributed by atoms with Crippen molar-refractivity contribution in [3.63, 3.8) is 0 Å². The second-order valence-corrected chi connectivity index (χ2v) is 5.67. The molecule has 116 valence electrons. The third kappa shape index (κ3) is 5.86. The lowest BCUT2D eigenvalue weighted by Crippen LogP contribution is -2.39. The Kier molecular flexibility index (Phi) is 6.70. The molecule has 0 radical (unpaired) electrons. The number of hydroxylamine groups is 1. The standard InChI is InChI=1S/C17H25NO3/c1-14(19)20-12-11-16-9-5-6-10-17(16)18-21-13-15-7-3-2-4-8-15/h2-4,7-8,16-18H,5-6,9-13H2,1H3. The molecule has 1 aliphatic rings. The van der Waals surface area contributed by atoms with Crippen molar-refractivity contribution in [2.24, 2.45) is 5.92 Å². The molecule has 0 aliphatic heterocycles. The number of nitrogens with one attached hydrogen (secondary N) is 1. The van der Waals surface area contributed by atoms with Crippen molar-refractivity contribution in [3.05, 3.63) is 35.9 Å². The SMILES string of the molecule is CC(=O)OCCC1CCCCC1NOCc1ccccc1. The van der Waals surface area contributed by atoms with Crippen molar-refractivity contribution in [1.29, 1.82) is 0 Å². The maximum atomic E-state index is 10.8. The van der Waals surface area contributed by atoms with Crippen LogP contribution in [0.25, 0.3) is 0 Å². The summed E-state index contributed by atoms with van der Waals surface area (Å²) in [6.07, 6.45) is 5.69. The van der Waals surface area contributed by atoms with Crippen molar-refractivity contribution in [2.45, 2.75) is 51.7 Å². The third-order valence-corrected chi connectivity index (χ3v) is 4.02. The average Bonchev–Trinajstić information content (AvgIpc) is 2.49. The first-order valence-electron chi connectivity index (χ1n) is 7.80. The number of benzene rings is 1. The molecule has 1 aliphatic carbocycles. The van der Waals surface area contributed by atoms with Crippen LogP contribution in [0, 0.1) is 5.92 Å². The van der Waals surface area contributed by atoms with E-state index in [1.165, 1.54) is 26.2 Å². The lowest BCUT2D eigenvalue weighted by Gasteiger charge is -2.31. The smallest absolute Gasteiger partial charge is 0.302 e. The summed E-state index contributed by atoms with van der Waals surface area (Å²) in [6.45, 7) is 2.55. The Morgan fingerprint density at radius 3 is 2.76 bits per heavy atom. The van der Waals surface area contributed by atoms with Crippen molar-refractivity contribution in [3.8, 4) is 0 Å². The fourth-order valence-electron chi connectivity index (χ4n) is 2.87. The maximum absolute atomic E-state index is 10.8. The number of hydrogen-bond acceptors (Lipinski definition) is 4. The molecule has 0 spiro atoms. The zero-order chi connectivity index (χ0) is 14.9. The van der Waals surface area contributed by atoms with Gasteiger partial charge in [0.2, 0.25) is 0 Å². The molecule has 2 unspecified atom stereocenters. The Morgan fingerprint density at radius 2 is 2.00 bits per heavy atom. The molecule has 1 saturated carbocycles. The molecule has 1 aromatic rings. The normalized spacial score (nSPS) is 22.0. The predicted molar refractivity (Wildman–Crippen MR) is 81.4 cm³/mol. The molecule has 1 fully saturated rings. The highest BCUT2D eigenvalue weighted by atomic mass is 16.6. The monoisotopic (exact) mass is 291 g/mol. The summed E-state index contributed by atoms with van der Waals surface area (Å²) in [5, 5.41) is 0. The molecule has 2 atom stereocenters. The first-order chi connectivity index (χ1) is 10.3. The van der Waals surface area contributed by atoms with Gasteiger partial charge in [-0.1, -0.05) is 43.2 Å². The van der Waals surface area contributed by atoms with Gasteiger partial charge >= 0.3 is 5.97 Å². The minimum Gasteiger partial charge on any atom is -0.466 e. The van der Waals surface area contributed by atoms with Crippen LogP contribution in [0.4, 0.5) is 0 Å². The summed E-state index contributed by atoms with van der Waals surface area (Å²) in [4.78, 5) is 16.5. The maximum Gasteiger partial charge on any atom is 0.302 e. The molecule has 1 N–H and O–H groups in total. The molecule has 1 aromatic carbocycles. The average molecular weight is 291 g/mol. The molecule has 0 amide bonds. The molecular weight excluding hydrogens is 266 g/mol. The van der Waals surface area contributed by atoms with E-state index < -0.39 is 0 Å². The zero-order valence-electron chi connectivity index (χ0n) is 12.7. The van der Waals surface area contributed by atoms with Crippen molar-refractivity contribution in [1.82, 2.24) is 5.48 Å². The zero-order valence-corrected chi connectivity index (χ0v) is 12.7. The Morgan fingerprint density at radius 1 is 1.24 bits per heavy atom. The van der Waals surface area contributed by atoms with Gasteiger partial charge in [-0.05, 0) is 30.7 Å². The van der Waals surface area contributed by atoms with Crippen molar-refractivity contribution >= 4 is 5.97 Å². The van der Waals surface area contributed by atoms with Gasteiger partial charge in [-0.3, -0.25) is 9.63 Å². The van der Waals surface area contributed by atoms with Gasteiger partial charge in [-0.15, -0.1) is 0 Å². The van der Waals surface area contributed by atoms with E-state index >= 15 is 0 Å². The number of ether oxygens (including phenoxy) is 1. The highest BCUT2D eigenvalue weighted by Gasteiger charge is 2.25. The molecule has 0 saturated heterocycles. The Hall–Kier alpha value is -1.39. The van der Waals surface area contributed by atoms with Gasteiger partial charge in [0.1, 0.15) is 0 Å². The van der Waals surface area contributed by atoms with Crippen LogP contribution in [-0.4, -0.2) is 18.6 Å². The highest BCUT2D eigenvalue weighted by Crippen LogP contribution is 2.27. The molecule has 2 rings (SSSR count). The molecule has 4 nitrogen and oxygen atoms in total. The molecule has 0 aromatic heterocycles. The van der Waals surface area contributed by atoms with E-state index in [0.717, 1.165) is 18.4 Å². The van der Waals surface area contributed by atoms with E-state index in [2.05, 4.69) is 17.6 Å². The second-order valence-electron chi connectivity index (χ2n) is 5.67. The lowest BCUT2D eigenvalue weighted by molar-refractivity contribution is -0.141. The largest absolute Gasteiger partial charge is 0.466 e. The lowest BCUT2D eigenvalue weighted by atomic mass is 9.83. The molecular formula is C17H25NO3. The second kappa shape index (κ2) is 8.80. The first-order valence-corrected chi connectivity index (χ1v) is 7.80. The Labute approximate surface area is 126 Å². The summed E-state index contributed by atoms with van der Waals surface area (Å²) in [5.74, 6) is 0.324. The molecule has 21 heavy (non-hydrogen) atoms. The number of rotatable bonds is 7. The van der Waals surface area contributed by atoms with Crippen molar-refractivity contribution in [2.75, 3.05) is 6.61 Å². The van der Waals surface area contributed by atoms with Gasteiger partial charge in [0.25, 0.3) is 0 Å². The summed E-state index contributed by atoms with van der Waals surface area (Å²) in [6, 6.07) is 10.5. The van der Waals surface area contributed by atoms with Crippen LogP contribution in [0.5, 0.6) is 0 Å². The molecule has 0 heterocycles. The Balaban J connectivity index is 1.72. The summed E-state index contributed by atoms with van der Waals surface area (Å²) in [5.41, 5.74) is 4.38. The van der Waals surface area contributed by atoms with Crippen LogP contribution in [0.1, 0.15) is 44.6 Å². The number of hydrogen-bond donors (Lipinski definition) is 1. The minimum atomic E-state index is -0.198. The topological polar surface area (TPSA) is 47.6 Å². The van der Waals surface area contributed by atoms with E-state index in [-0.39, 0.29) is 5.97 Å². The number of carbonyl (C=O) groups excluding carboxylic acids is 1. The summed E-state index contributed by atoms with van der Waals surface area (Å²) in [7, 11) is 0. The van der Waals surface area contributed by atoms with Crippen LogP contribution < -0.4 is 5.48 Å². The highest BCUT2D eigenvalue weighted by molar-refractivity contribution is 5.65. The van der Waals surface area contributed by atoms with Crippen LogP contribution in [0.2, 0.25) is 0 Å². The number of esters is 1. The quantitative estimate of drug-likeness (QED) is 0.619. The third-order valence-electron chi connectivity index (χ3n) is 4.02. The molecule has 4 heteroatoms. The van der Waals surface area contributed by atoms with Gasteiger partial charge in [-0.25, -0.2) is 0 Å². The number of carbonyl (C=O) groups is 1. The summed E-state index contributed by atoms with van der Waals surface area (Å²) >= 11 is 0. The molecule has 0 bridgehead atoms. The van der Waals surface area contributed by atoms with Crippen LogP contribution in [0.3, 0.4) is 0 Å². The fourth-order valence-corrected chi connectivity index (χ4v) is 2.87. The van der Waals surface area contributed by atoms with E-state index in [1.807, 2.05) is 18.2 Å².